The molecule has 0 amide bonds. The van der Waals surface area contributed by atoms with Gasteiger partial charge in [0.05, 0.1) is 0 Å². The zero-order valence-electron chi connectivity index (χ0n) is 21.1. The van der Waals surface area contributed by atoms with E-state index in [9.17, 15) is 0 Å². The van der Waals surface area contributed by atoms with E-state index >= 15 is 0 Å². The molecule has 0 radical (unpaired) electrons. The van der Waals surface area contributed by atoms with E-state index in [1.807, 2.05) is 0 Å². The molecule has 0 bridgehead atoms. The van der Waals surface area contributed by atoms with Gasteiger partial charge >= 0.3 is 0 Å². The number of rotatable bonds is 3. The first-order valence-corrected chi connectivity index (χ1v) is 16.2. The summed E-state index contributed by atoms with van der Waals surface area (Å²) in [6.45, 7) is 17.0. The molecule has 1 nitrogen and oxygen atoms in total. The van der Waals surface area contributed by atoms with E-state index in [0.717, 1.165) is 17.8 Å². The summed E-state index contributed by atoms with van der Waals surface area (Å²) >= 11 is 0. The van der Waals surface area contributed by atoms with Crippen LogP contribution in [0.3, 0.4) is 0 Å². The van der Waals surface area contributed by atoms with Gasteiger partial charge in [0.15, 0.2) is 0 Å². The highest BCUT2D eigenvalue weighted by Gasteiger charge is 2.60. The zero-order chi connectivity index (χ0) is 22.7. The third-order valence-electron chi connectivity index (χ3n) is 10.7. The topological polar surface area (TPSA) is 9.23 Å². The van der Waals surface area contributed by atoms with Gasteiger partial charge in [0.25, 0.3) is 0 Å². The van der Waals surface area contributed by atoms with Gasteiger partial charge in [0, 0.05) is 6.10 Å². The first-order chi connectivity index (χ1) is 15.2. The Hall–Kier alpha value is -1.12. The fraction of sp³-hybridized carbons (Fsp3) is 0.667. The van der Waals surface area contributed by atoms with E-state index in [-0.39, 0.29) is 0 Å². The Balaban J connectivity index is 1.35. The number of benzene rings is 1. The average molecular weight is 449 g/mol. The van der Waals surface area contributed by atoms with E-state index < -0.39 is 8.32 Å². The van der Waals surface area contributed by atoms with Gasteiger partial charge < -0.3 is 4.43 Å². The van der Waals surface area contributed by atoms with Gasteiger partial charge in [-0.3, -0.25) is 0 Å². The van der Waals surface area contributed by atoms with Gasteiger partial charge in [0.2, 0.25) is 8.32 Å². The minimum atomic E-state index is -1.88. The summed E-state index contributed by atoms with van der Waals surface area (Å²) in [4.78, 5) is 0. The van der Waals surface area contributed by atoms with Gasteiger partial charge in [-0.05, 0) is 111 Å². The summed E-state index contributed by atoms with van der Waals surface area (Å²) in [5.41, 5.74) is 4.20. The molecule has 4 fully saturated rings. The summed E-state index contributed by atoms with van der Waals surface area (Å²) in [5.74, 6) is 3.26. The van der Waals surface area contributed by atoms with Crippen molar-refractivity contribution in [1.29, 1.82) is 0 Å². The number of hydrogen-bond acceptors (Lipinski definition) is 1. The number of fused-ring (bicyclic) bond motifs is 5. The van der Waals surface area contributed by atoms with Gasteiger partial charge in [-0.15, -0.1) is 0 Å². The minimum Gasteiger partial charge on any atom is -0.410 e. The Morgan fingerprint density at radius 1 is 1.03 bits per heavy atom. The van der Waals surface area contributed by atoms with Crippen LogP contribution in [-0.2, 0) is 4.43 Å². The van der Waals surface area contributed by atoms with Gasteiger partial charge in [-0.1, -0.05) is 68.0 Å². The Labute approximate surface area is 197 Å². The van der Waals surface area contributed by atoms with Crippen molar-refractivity contribution in [2.45, 2.75) is 91.3 Å². The van der Waals surface area contributed by atoms with Crippen LogP contribution in [0.4, 0.5) is 0 Å². The summed E-state index contributed by atoms with van der Waals surface area (Å²) in [5, 5.41) is 1.42. The number of allylic oxidation sites excluding steroid dienone is 3. The molecule has 1 aromatic rings. The van der Waals surface area contributed by atoms with Crippen LogP contribution in [0.25, 0.3) is 0 Å². The monoisotopic (exact) mass is 448 g/mol. The van der Waals surface area contributed by atoms with Crippen molar-refractivity contribution in [3.63, 3.8) is 0 Å². The Morgan fingerprint density at radius 2 is 1.78 bits per heavy atom. The first-order valence-electron chi connectivity index (χ1n) is 13.3. The molecule has 0 saturated heterocycles. The van der Waals surface area contributed by atoms with Crippen molar-refractivity contribution in [3.8, 4) is 0 Å². The Kier molecular flexibility index (Phi) is 5.65. The van der Waals surface area contributed by atoms with Crippen LogP contribution in [0.1, 0.15) is 72.1 Å². The highest BCUT2D eigenvalue weighted by Crippen LogP contribution is 2.68. The van der Waals surface area contributed by atoms with E-state index in [2.05, 4.69) is 70.3 Å². The van der Waals surface area contributed by atoms with Crippen molar-refractivity contribution < 1.29 is 4.43 Å². The predicted octanol–water partition coefficient (Wildman–Crippen LogP) is 7.64. The maximum atomic E-state index is 6.95. The van der Waals surface area contributed by atoms with Crippen LogP contribution >= 0.6 is 0 Å². The van der Waals surface area contributed by atoms with Crippen molar-refractivity contribution in [2.24, 2.45) is 34.5 Å². The van der Waals surface area contributed by atoms with Crippen molar-refractivity contribution >= 4 is 13.5 Å². The molecule has 0 aliphatic heterocycles. The van der Waals surface area contributed by atoms with Crippen molar-refractivity contribution in [1.82, 2.24) is 0 Å². The highest BCUT2D eigenvalue weighted by atomic mass is 28.4. The molecule has 0 unspecified atom stereocenters. The molecule has 174 valence electrons. The van der Waals surface area contributed by atoms with E-state index in [1.165, 1.54) is 56.6 Å². The summed E-state index contributed by atoms with van der Waals surface area (Å²) in [6.07, 6.45) is 13.4. The second-order valence-electron chi connectivity index (χ2n) is 12.5. The molecule has 32 heavy (non-hydrogen) atoms. The molecule has 0 spiro atoms. The molecule has 0 N–H and O–H groups in total. The van der Waals surface area contributed by atoms with Crippen LogP contribution in [0.2, 0.25) is 13.1 Å². The fourth-order valence-electron chi connectivity index (χ4n) is 8.96. The summed E-state index contributed by atoms with van der Waals surface area (Å²) < 4.78 is 6.95. The van der Waals surface area contributed by atoms with Crippen LogP contribution in [0.5, 0.6) is 0 Å². The van der Waals surface area contributed by atoms with Gasteiger partial charge in [-0.25, -0.2) is 0 Å². The van der Waals surface area contributed by atoms with E-state index in [1.54, 1.807) is 11.1 Å². The smallest absolute Gasteiger partial charge is 0.218 e. The summed E-state index contributed by atoms with van der Waals surface area (Å²) in [7, 11) is -1.88. The molecule has 4 aliphatic carbocycles. The molecule has 2 heteroatoms. The number of hydrogen-bond donors (Lipinski definition) is 0. The quantitative estimate of drug-likeness (QED) is 0.341. The molecule has 1 aromatic carbocycles. The van der Waals surface area contributed by atoms with E-state index in [4.69, 9.17) is 11.0 Å². The maximum absolute atomic E-state index is 6.95. The second-order valence-corrected chi connectivity index (χ2v) is 16.3. The molecular weight excluding hydrogens is 404 g/mol. The fourth-order valence-corrected chi connectivity index (χ4v) is 11.1. The molecule has 0 aromatic heterocycles. The second kappa shape index (κ2) is 7.98. The molecule has 0 heterocycles. The maximum Gasteiger partial charge on any atom is 0.218 e. The zero-order valence-corrected chi connectivity index (χ0v) is 22.1. The normalized spacial score (nSPS) is 43.0. The average Bonchev–Trinajstić information content (AvgIpc) is 3.12. The molecule has 4 saturated carbocycles. The standard InChI is InChI=1S/C30H44OSi/c1-7-22-13-14-26-25-19-21(2)28-20-23(31-32(5,6)24-11-9-8-10-12-24)15-17-30(28,4)27(25)16-18-29(22,26)3/h7-12,23,25-28H,2,13-20H2,1,3-6H3/b22-7+/t23-,25-,26-,27-,28+,29+,30+/m0/s1. The predicted molar refractivity (Wildman–Crippen MR) is 138 cm³/mol. The SMILES string of the molecule is C=C1C[C@@H]2[C@H](CC[C@]3(C)/C(=C/C)CC[C@@H]23)[C@@]2(C)CC[C@H](O[Si](C)(C)c3ccccc3)C[C@H]12. The van der Waals surface area contributed by atoms with Crippen molar-refractivity contribution in [3.05, 3.63) is 54.1 Å². The van der Waals surface area contributed by atoms with Crippen LogP contribution < -0.4 is 5.19 Å². The van der Waals surface area contributed by atoms with E-state index in [0.29, 0.717) is 22.9 Å². The molecule has 4 aliphatic rings. The van der Waals surface area contributed by atoms with Crippen molar-refractivity contribution in [2.75, 3.05) is 0 Å². The lowest BCUT2D eigenvalue weighted by Crippen LogP contribution is -2.55. The third-order valence-corrected chi connectivity index (χ3v) is 13.3. The lowest BCUT2D eigenvalue weighted by atomic mass is 9.44. The Bertz CT molecular complexity index is 901. The van der Waals surface area contributed by atoms with Gasteiger partial charge in [-0.2, -0.15) is 0 Å². The van der Waals surface area contributed by atoms with Crippen LogP contribution in [-0.4, -0.2) is 14.4 Å². The summed E-state index contributed by atoms with van der Waals surface area (Å²) in [6, 6.07) is 11.0. The molecular formula is C30H44OSi. The highest BCUT2D eigenvalue weighted by molar-refractivity contribution is 6.84. The largest absolute Gasteiger partial charge is 0.410 e. The molecule has 7 atom stereocenters. The molecule has 5 rings (SSSR count). The minimum absolute atomic E-state index is 0.401. The Morgan fingerprint density at radius 3 is 2.50 bits per heavy atom. The van der Waals surface area contributed by atoms with Gasteiger partial charge in [0.1, 0.15) is 0 Å². The van der Waals surface area contributed by atoms with Crippen LogP contribution in [0, 0.1) is 34.5 Å². The third kappa shape index (κ3) is 3.43. The lowest BCUT2D eigenvalue weighted by Gasteiger charge is -2.61. The lowest BCUT2D eigenvalue weighted by molar-refractivity contribution is -0.0904. The first kappa shape index (κ1) is 22.7. The van der Waals surface area contributed by atoms with Crippen LogP contribution in [0.15, 0.2) is 54.1 Å².